The molecule has 0 unspecified atom stereocenters. The van der Waals surface area contributed by atoms with E-state index in [9.17, 15) is 9.18 Å². The molecule has 3 rings (SSSR count). The summed E-state index contributed by atoms with van der Waals surface area (Å²) in [6.45, 7) is 10.3. The third kappa shape index (κ3) is 3.35. The minimum absolute atomic E-state index is 0.0426. The normalized spacial score (nSPS) is 15.8. The molecule has 2 aromatic rings. The van der Waals surface area contributed by atoms with Crippen molar-refractivity contribution in [2.45, 2.75) is 20.8 Å². The second-order valence-corrected chi connectivity index (χ2v) is 7.12. The number of thiazole rings is 1. The third-order valence-electron chi connectivity index (χ3n) is 4.53. The Kier molecular flexibility index (Phi) is 4.96. The van der Waals surface area contributed by atoms with Crippen molar-refractivity contribution in [3.8, 4) is 10.6 Å². The van der Waals surface area contributed by atoms with Gasteiger partial charge in [-0.1, -0.05) is 13.0 Å². The summed E-state index contributed by atoms with van der Waals surface area (Å²) in [6.07, 6.45) is 0. The first-order valence-electron chi connectivity index (χ1n) is 8.25. The van der Waals surface area contributed by atoms with Crippen LogP contribution in [-0.4, -0.2) is 53.4 Å². The molecule has 0 aliphatic carbocycles. The lowest BCUT2D eigenvalue weighted by molar-refractivity contribution is 0.0647. The standard InChI is InChI=1S/C18H22FN3OS/c1-4-21-7-9-22(10-8-21)18(23)16-13(3)20-17(24-16)15-11-14(19)6-5-12(15)2/h5-6,11H,4,7-10H2,1-3H3. The maximum Gasteiger partial charge on any atom is 0.265 e. The van der Waals surface area contributed by atoms with Crippen molar-refractivity contribution in [1.29, 1.82) is 0 Å². The van der Waals surface area contributed by atoms with Gasteiger partial charge in [0.2, 0.25) is 0 Å². The van der Waals surface area contributed by atoms with Crippen molar-refractivity contribution in [3.63, 3.8) is 0 Å². The number of likely N-dealkylation sites (N-methyl/N-ethyl adjacent to an activating group) is 1. The highest BCUT2D eigenvalue weighted by Gasteiger charge is 2.25. The number of amides is 1. The predicted molar refractivity (Wildman–Crippen MR) is 95.0 cm³/mol. The molecule has 0 N–H and O–H groups in total. The van der Waals surface area contributed by atoms with E-state index in [1.165, 1.54) is 23.5 Å². The number of hydrogen-bond donors (Lipinski definition) is 0. The lowest BCUT2D eigenvalue weighted by Crippen LogP contribution is -2.48. The van der Waals surface area contributed by atoms with Crippen LogP contribution < -0.4 is 0 Å². The zero-order valence-corrected chi connectivity index (χ0v) is 15.1. The second kappa shape index (κ2) is 6.99. The smallest absolute Gasteiger partial charge is 0.265 e. The molecule has 4 nitrogen and oxygen atoms in total. The van der Waals surface area contributed by atoms with Gasteiger partial charge in [0, 0.05) is 31.7 Å². The van der Waals surface area contributed by atoms with E-state index in [1.807, 2.05) is 18.7 Å². The molecule has 1 aliphatic heterocycles. The van der Waals surface area contributed by atoms with Gasteiger partial charge in [0.05, 0.1) is 5.69 Å². The fourth-order valence-electron chi connectivity index (χ4n) is 2.95. The first kappa shape index (κ1) is 17.0. The molecule has 2 heterocycles. The van der Waals surface area contributed by atoms with E-state index >= 15 is 0 Å². The van der Waals surface area contributed by atoms with Crippen molar-refractivity contribution in [2.75, 3.05) is 32.7 Å². The number of aryl methyl sites for hydroxylation is 2. The molecule has 0 bridgehead atoms. The lowest BCUT2D eigenvalue weighted by Gasteiger charge is -2.33. The van der Waals surface area contributed by atoms with E-state index in [0.29, 0.717) is 9.88 Å². The summed E-state index contributed by atoms with van der Waals surface area (Å²) in [6, 6.07) is 4.67. The van der Waals surface area contributed by atoms with Gasteiger partial charge in [-0.2, -0.15) is 0 Å². The van der Waals surface area contributed by atoms with Crippen molar-refractivity contribution in [1.82, 2.24) is 14.8 Å². The number of piperazine rings is 1. The van der Waals surface area contributed by atoms with E-state index in [0.717, 1.165) is 49.5 Å². The van der Waals surface area contributed by atoms with Gasteiger partial charge in [-0.3, -0.25) is 4.79 Å². The summed E-state index contributed by atoms with van der Waals surface area (Å²) < 4.78 is 13.6. The molecule has 128 valence electrons. The molecule has 24 heavy (non-hydrogen) atoms. The van der Waals surface area contributed by atoms with Crippen LogP contribution in [0.2, 0.25) is 0 Å². The zero-order valence-electron chi connectivity index (χ0n) is 14.3. The van der Waals surface area contributed by atoms with Gasteiger partial charge in [0.15, 0.2) is 0 Å². The Hall–Kier alpha value is -1.79. The van der Waals surface area contributed by atoms with Crippen molar-refractivity contribution in [2.24, 2.45) is 0 Å². The van der Waals surface area contributed by atoms with Crippen LogP contribution in [0.3, 0.4) is 0 Å². The molecule has 1 saturated heterocycles. The Morgan fingerprint density at radius 1 is 1.25 bits per heavy atom. The number of benzene rings is 1. The Morgan fingerprint density at radius 2 is 1.96 bits per heavy atom. The molecule has 1 amide bonds. The van der Waals surface area contributed by atoms with Gasteiger partial charge in [0.25, 0.3) is 5.91 Å². The van der Waals surface area contributed by atoms with E-state index in [2.05, 4.69) is 16.8 Å². The molecule has 1 fully saturated rings. The minimum Gasteiger partial charge on any atom is -0.335 e. The van der Waals surface area contributed by atoms with E-state index in [4.69, 9.17) is 0 Å². The molecule has 0 spiro atoms. The van der Waals surface area contributed by atoms with Gasteiger partial charge in [0.1, 0.15) is 15.7 Å². The fraction of sp³-hybridized carbons (Fsp3) is 0.444. The van der Waals surface area contributed by atoms with E-state index < -0.39 is 0 Å². The van der Waals surface area contributed by atoms with Gasteiger partial charge in [-0.25, -0.2) is 9.37 Å². The van der Waals surface area contributed by atoms with Crippen LogP contribution in [0.15, 0.2) is 18.2 Å². The predicted octanol–water partition coefficient (Wildman–Crippen LogP) is 3.34. The first-order valence-corrected chi connectivity index (χ1v) is 9.06. The van der Waals surface area contributed by atoms with Crippen LogP contribution in [0, 0.1) is 19.7 Å². The molecule has 1 aliphatic rings. The Balaban J connectivity index is 1.84. The molecular formula is C18H22FN3OS. The molecule has 6 heteroatoms. The molecule has 0 radical (unpaired) electrons. The van der Waals surface area contributed by atoms with Crippen LogP contribution in [0.4, 0.5) is 4.39 Å². The SMILES string of the molecule is CCN1CCN(C(=O)c2sc(-c3cc(F)ccc3C)nc2C)CC1. The van der Waals surface area contributed by atoms with Crippen LogP contribution in [0.1, 0.15) is 27.9 Å². The number of nitrogens with zero attached hydrogens (tertiary/aromatic N) is 3. The number of carbonyl (C=O) groups is 1. The molecule has 1 aromatic carbocycles. The first-order chi connectivity index (χ1) is 11.5. The summed E-state index contributed by atoms with van der Waals surface area (Å²) in [4.78, 5) is 22.2. The van der Waals surface area contributed by atoms with Gasteiger partial charge in [-0.15, -0.1) is 11.3 Å². The Bertz CT molecular complexity index is 751. The lowest BCUT2D eigenvalue weighted by atomic mass is 10.1. The summed E-state index contributed by atoms with van der Waals surface area (Å²) in [5.74, 6) is -0.243. The van der Waals surface area contributed by atoms with Crippen molar-refractivity contribution in [3.05, 3.63) is 40.2 Å². The summed E-state index contributed by atoms with van der Waals surface area (Å²) in [5.41, 5.74) is 2.44. The molecule has 0 saturated carbocycles. The van der Waals surface area contributed by atoms with Gasteiger partial charge in [-0.05, 0) is 38.1 Å². The summed E-state index contributed by atoms with van der Waals surface area (Å²) in [5, 5.41) is 0.708. The highest BCUT2D eigenvalue weighted by molar-refractivity contribution is 7.17. The zero-order chi connectivity index (χ0) is 17.3. The Morgan fingerprint density at radius 3 is 2.62 bits per heavy atom. The van der Waals surface area contributed by atoms with E-state index in [1.54, 1.807) is 6.07 Å². The number of rotatable bonds is 3. The summed E-state index contributed by atoms with van der Waals surface area (Å²) in [7, 11) is 0. The number of carbonyl (C=O) groups excluding carboxylic acids is 1. The monoisotopic (exact) mass is 347 g/mol. The van der Waals surface area contributed by atoms with Gasteiger partial charge >= 0.3 is 0 Å². The van der Waals surface area contributed by atoms with Crippen LogP contribution in [0.25, 0.3) is 10.6 Å². The maximum absolute atomic E-state index is 13.6. The van der Waals surface area contributed by atoms with Gasteiger partial charge < -0.3 is 9.80 Å². The van der Waals surface area contributed by atoms with Crippen LogP contribution in [-0.2, 0) is 0 Å². The number of hydrogen-bond acceptors (Lipinski definition) is 4. The van der Waals surface area contributed by atoms with Crippen LogP contribution in [0.5, 0.6) is 0 Å². The van der Waals surface area contributed by atoms with Crippen molar-refractivity contribution < 1.29 is 9.18 Å². The van der Waals surface area contributed by atoms with E-state index in [-0.39, 0.29) is 11.7 Å². The number of aromatic nitrogens is 1. The molecular weight excluding hydrogens is 325 g/mol. The highest BCUT2D eigenvalue weighted by Crippen LogP contribution is 2.31. The molecule has 0 atom stereocenters. The average Bonchev–Trinajstić information content (AvgIpc) is 2.98. The van der Waals surface area contributed by atoms with Crippen LogP contribution >= 0.6 is 11.3 Å². The largest absolute Gasteiger partial charge is 0.335 e. The second-order valence-electron chi connectivity index (χ2n) is 6.12. The third-order valence-corrected chi connectivity index (χ3v) is 5.71. The topological polar surface area (TPSA) is 36.4 Å². The molecule has 1 aromatic heterocycles. The fourth-order valence-corrected chi connectivity index (χ4v) is 4.06. The quantitative estimate of drug-likeness (QED) is 0.854. The summed E-state index contributed by atoms with van der Waals surface area (Å²) >= 11 is 1.36. The minimum atomic E-state index is -0.285. The van der Waals surface area contributed by atoms with Crippen molar-refractivity contribution >= 4 is 17.2 Å². The Labute approximate surface area is 145 Å². The highest BCUT2D eigenvalue weighted by atomic mass is 32.1. The number of halogens is 1. The average molecular weight is 347 g/mol. The maximum atomic E-state index is 13.6.